The van der Waals surface area contributed by atoms with Gasteiger partial charge in [0, 0.05) is 6.42 Å². The Hall–Kier alpha value is -0.800. The standard InChI is InChI=1S/C4H7FO3/c5-2-1-3-8-4(6)7/h1-3H2,(H,6,7). The van der Waals surface area contributed by atoms with Crippen molar-refractivity contribution in [1.29, 1.82) is 0 Å². The maximum Gasteiger partial charge on any atom is 0.505 e. The van der Waals surface area contributed by atoms with E-state index in [1.807, 2.05) is 0 Å². The number of hydrogen-bond acceptors (Lipinski definition) is 2. The van der Waals surface area contributed by atoms with Crippen molar-refractivity contribution in [1.82, 2.24) is 0 Å². The maximum atomic E-state index is 11.2. The molecule has 0 aliphatic carbocycles. The summed E-state index contributed by atoms with van der Waals surface area (Å²) in [6.07, 6.45) is -1.20. The van der Waals surface area contributed by atoms with Crippen LogP contribution in [-0.2, 0) is 4.74 Å². The Balaban J connectivity index is 2.82. The molecule has 0 aromatic rings. The summed E-state index contributed by atoms with van der Waals surface area (Å²) < 4.78 is 15.1. The van der Waals surface area contributed by atoms with E-state index in [1.54, 1.807) is 0 Å². The third-order valence-corrected chi connectivity index (χ3v) is 0.504. The Morgan fingerprint density at radius 3 is 2.75 bits per heavy atom. The molecule has 0 bridgehead atoms. The van der Waals surface area contributed by atoms with Gasteiger partial charge in [0.1, 0.15) is 0 Å². The van der Waals surface area contributed by atoms with Crippen molar-refractivity contribution in [3.05, 3.63) is 0 Å². The smallest absolute Gasteiger partial charge is 0.450 e. The molecule has 3 nitrogen and oxygen atoms in total. The van der Waals surface area contributed by atoms with E-state index >= 15 is 0 Å². The van der Waals surface area contributed by atoms with Crippen LogP contribution in [0, 0.1) is 0 Å². The van der Waals surface area contributed by atoms with Crippen molar-refractivity contribution in [3.63, 3.8) is 0 Å². The predicted octanol–water partition coefficient (Wildman–Crippen LogP) is 1.04. The van der Waals surface area contributed by atoms with Crippen LogP contribution in [0.15, 0.2) is 0 Å². The lowest BCUT2D eigenvalue weighted by Gasteiger charge is -1.93. The van der Waals surface area contributed by atoms with E-state index in [-0.39, 0.29) is 13.0 Å². The Morgan fingerprint density at radius 1 is 1.75 bits per heavy atom. The Labute approximate surface area is 46.1 Å². The molecule has 0 fully saturated rings. The number of hydrogen-bond donors (Lipinski definition) is 1. The second kappa shape index (κ2) is 4.36. The van der Waals surface area contributed by atoms with Gasteiger partial charge in [-0.2, -0.15) is 0 Å². The van der Waals surface area contributed by atoms with Gasteiger partial charge in [-0.3, -0.25) is 4.39 Å². The SMILES string of the molecule is O=C(O)OCCCF. The lowest BCUT2D eigenvalue weighted by atomic mass is 10.5. The average molecular weight is 122 g/mol. The highest BCUT2D eigenvalue weighted by atomic mass is 19.1. The van der Waals surface area contributed by atoms with Gasteiger partial charge in [0.25, 0.3) is 0 Å². The van der Waals surface area contributed by atoms with Gasteiger partial charge in [-0.1, -0.05) is 0 Å². The molecule has 8 heavy (non-hydrogen) atoms. The van der Waals surface area contributed by atoms with Gasteiger partial charge < -0.3 is 9.84 Å². The van der Waals surface area contributed by atoms with E-state index in [1.165, 1.54) is 0 Å². The largest absolute Gasteiger partial charge is 0.505 e. The fourth-order valence-corrected chi connectivity index (χ4v) is 0.214. The third-order valence-electron chi connectivity index (χ3n) is 0.504. The molecule has 0 unspecified atom stereocenters. The lowest BCUT2D eigenvalue weighted by molar-refractivity contribution is 0.0889. The summed E-state index contributed by atoms with van der Waals surface area (Å²) in [5.74, 6) is 0. The molecule has 0 saturated carbocycles. The number of rotatable bonds is 3. The number of halogens is 1. The summed E-state index contributed by atoms with van der Waals surface area (Å²) in [4.78, 5) is 9.53. The maximum absolute atomic E-state index is 11.2. The van der Waals surface area contributed by atoms with Crippen LogP contribution < -0.4 is 0 Å². The molecule has 1 N–H and O–H groups in total. The first-order valence-corrected chi connectivity index (χ1v) is 2.19. The Bertz CT molecular complexity index is 73.7. The molecule has 0 atom stereocenters. The molecule has 0 amide bonds. The first kappa shape index (κ1) is 7.20. The molecule has 0 radical (unpaired) electrons. The minimum absolute atomic E-state index is 0.0498. The van der Waals surface area contributed by atoms with Crippen LogP contribution in [0.2, 0.25) is 0 Å². The zero-order valence-corrected chi connectivity index (χ0v) is 4.26. The Morgan fingerprint density at radius 2 is 2.38 bits per heavy atom. The van der Waals surface area contributed by atoms with Gasteiger partial charge in [-0.25, -0.2) is 4.79 Å². The van der Waals surface area contributed by atoms with Gasteiger partial charge in [0.2, 0.25) is 0 Å². The molecule has 0 aliphatic heterocycles. The fraction of sp³-hybridized carbons (Fsp3) is 0.750. The minimum Gasteiger partial charge on any atom is -0.450 e. The van der Waals surface area contributed by atoms with Crippen molar-refractivity contribution in [3.8, 4) is 0 Å². The zero-order valence-electron chi connectivity index (χ0n) is 4.26. The summed E-state index contributed by atoms with van der Waals surface area (Å²) >= 11 is 0. The first-order chi connectivity index (χ1) is 3.77. The van der Waals surface area contributed by atoms with E-state index in [0.29, 0.717) is 0 Å². The topological polar surface area (TPSA) is 46.5 Å². The molecule has 0 aromatic heterocycles. The third kappa shape index (κ3) is 5.20. The molecule has 0 aromatic carbocycles. The van der Waals surface area contributed by atoms with E-state index < -0.39 is 12.8 Å². The quantitative estimate of drug-likeness (QED) is 0.449. The van der Waals surface area contributed by atoms with Crippen LogP contribution in [0.5, 0.6) is 0 Å². The van der Waals surface area contributed by atoms with Gasteiger partial charge in [-0.05, 0) is 0 Å². The average Bonchev–Trinajstić information content (AvgIpc) is 1.66. The van der Waals surface area contributed by atoms with Gasteiger partial charge in [0.15, 0.2) is 0 Å². The minimum atomic E-state index is -1.35. The van der Waals surface area contributed by atoms with Gasteiger partial charge in [0.05, 0.1) is 13.3 Å². The van der Waals surface area contributed by atoms with E-state index in [0.717, 1.165) is 0 Å². The number of ether oxygens (including phenoxy) is 1. The molecule has 0 rings (SSSR count). The van der Waals surface area contributed by atoms with Crippen molar-refractivity contribution >= 4 is 6.16 Å². The zero-order chi connectivity index (χ0) is 6.41. The lowest BCUT2D eigenvalue weighted by Crippen LogP contribution is -2.01. The highest BCUT2D eigenvalue weighted by molar-refractivity contribution is 5.56. The molecule has 0 saturated heterocycles. The van der Waals surface area contributed by atoms with Crippen molar-refractivity contribution < 1.29 is 19.0 Å². The highest BCUT2D eigenvalue weighted by Gasteiger charge is 1.92. The summed E-state index contributed by atoms with van der Waals surface area (Å²) in [5.41, 5.74) is 0. The molecule has 0 aliphatic rings. The normalized spacial score (nSPS) is 8.62. The first-order valence-electron chi connectivity index (χ1n) is 2.19. The van der Waals surface area contributed by atoms with E-state index in [2.05, 4.69) is 4.74 Å². The predicted molar refractivity (Wildman–Crippen MR) is 24.6 cm³/mol. The monoisotopic (exact) mass is 122 g/mol. The van der Waals surface area contributed by atoms with Crippen molar-refractivity contribution in [2.75, 3.05) is 13.3 Å². The van der Waals surface area contributed by atoms with E-state index in [4.69, 9.17) is 5.11 Å². The summed E-state index contributed by atoms with van der Waals surface area (Å²) in [6, 6.07) is 0. The summed E-state index contributed by atoms with van der Waals surface area (Å²) in [6.45, 7) is -0.584. The second-order valence-electron chi connectivity index (χ2n) is 1.16. The number of carboxylic acid groups (broad SMARTS) is 1. The second-order valence-corrected chi connectivity index (χ2v) is 1.16. The fourth-order valence-electron chi connectivity index (χ4n) is 0.214. The molecular formula is C4H7FO3. The van der Waals surface area contributed by atoms with Gasteiger partial charge in [-0.15, -0.1) is 0 Å². The number of carbonyl (C=O) groups is 1. The molecular weight excluding hydrogens is 115 g/mol. The summed E-state index contributed by atoms with van der Waals surface area (Å²) in [5, 5.41) is 7.80. The Kier molecular flexibility index (Phi) is 3.93. The van der Waals surface area contributed by atoms with Gasteiger partial charge >= 0.3 is 6.16 Å². The van der Waals surface area contributed by atoms with Crippen LogP contribution >= 0.6 is 0 Å². The van der Waals surface area contributed by atoms with E-state index in [9.17, 15) is 9.18 Å². The molecule has 48 valence electrons. The van der Waals surface area contributed by atoms with Crippen LogP contribution in [-0.4, -0.2) is 24.5 Å². The van der Waals surface area contributed by atoms with Crippen LogP contribution in [0.4, 0.5) is 9.18 Å². The summed E-state index contributed by atoms with van der Waals surface area (Å²) in [7, 11) is 0. The molecule has 4 heteroatoms. The number of alkyl halides is 1. The van der Waals surface area contributed by atoms with Crippen LogP contribution in [0.25, 0.3) is 0 Å². The molecule has 0 heterocycles. The van der Waals surface area contributed by atoms with Crippen molar-refractivity contribution in [2.45, 2.75) is 6.42 Å². The van der Waals surface area contributed by atoms with Crippen LogP contribution in [0.3, 0.4) is 0 Å². The molecule has 0 spiro atoms. The van der Waals surface area contributed by atoms with Crippen LogP contribution in [0.1, 0.15) is 6.42 Å². The highest BCUT2D eigenvalue weighted by Crippen LogP contribution is 1.82. The van der Waals surface area contributed by atoms with Crippen molar-refractivity contribution in [2.24, 2.45) is 0 Å².